The maximum absolute atomic E-state index is 9.21. The van der Waals surface area contributed by atoms with Crippen LogP contribution in [0.15, 0.2) is 24.3 Å². The summed E-state index contributed by atoms with van der Waals surface area (Å²) in [7, 11) is 0. The first-order chi connectivity index (χ1) is 11.3. The Morgan fingerprint density at radius 1 is 1.17 bits per heavy atom. The minimum absolute atomic E-state index is 0.305. The maximum Gasteiger partial charge on any atom is 0.189 e. The van der Waals surface area contributed by atoms with E-state index >= 15 is 0 Å². The number of hydrogen-bond donors (Lipinski definition) is 0. The van der Waals surface area contributed by atoms with Crippen molar-refractivity contribution in [1.82, 2.24) is 19.9 Å². The van der Waals surface area contributed by atoms with Crippen LogP contribution in [0.3, 0.4) is 0 Å². The second-order valence-electron chi connectivity index (χ2n) is 5.87. The number of likely N-dealkylation sites (tertiary alicyclic amines) is 1. The molecule has 6 nitrogen and oxygen atoms in total. The molecule has 0 bridgehead atoms. The number of hydrogen-bond acceptors (Lipinski definition) is 5. The van der Waals surface area contributed by atoms with Crippen molar-refractivity contribution >= 4 is 0 Å². The van der Waals surface area contributed by atoms with Crippen molar-refractivity contribution < 1.29 is 4.74 Å². The largest absolute Gasteiger partial charge is 0.487 e. The lowest BCUT2D eigenvalue weighted by Gasteiger charge is -2.15. The number of aryl methyl sites for hydroxylation is 1. The van der Waals surface area contributed by atoms with Crippen molar-refractivity contribution in [3.63, 3.8) is 0 Å². The Morgan fingerprint density at radius 2 is 1.91 bits per heavy atom. The second-order valence-corrected chi connectivity index (χ2v) is 5.87. The highest BCUT2D eigenvalue weighted by atomic mass is 16.5. The van der Waals surface area contributed by atoms with Crippen molar-refractivity contribution in [2.24, 2.45) is 0 Å². The molecule has 120 valence electrons. The van der Waals surface area contributed by atoms with Gasteiger partial charge in [0.2, 0.25) is 0 Å². The van der Waals surface area contributed by atoms with Crippen LogP contribution in [0.1, 0.15) is 29.8 Å². The number of aromatic nitrogens is 3. The average Bonchev–Trinajstić information content (AvgIpc) is 3.21. The van der Waals surface area contributed by atoms with E-state index in [0.29, 0.717) is 12.3 Å². The summed E-state index contributed by atoms with van der Waals surface area (Å²) in [5.41, 5.74) is 2.28. The van der Waals surface area contributed by atoms with Crippen LogP contribution < -0.4 is 4.74 Å². The molecule has 1 aliphatic rings. The Labute approximate surface area is 136 Å². The van der Waals surface area contributed by atoms with Gasteiger partial charge in [-0.25, -0.2) is 4.68 Å². The van der Waals surface area contributed by atoms with Crippen molar-refractivity contribution in [2.75, 3.05) is 19.6 Å². The molecule has 3 rings (SSSR count). The first-order valence-electron chi connectivity index (χ1n) is 8.00. The average molecular weight is 311 g/mol. The van der Waals surface area contributed by atoms with Gasteiger partial charge in [-0.15, -0.1) is 5.10 Å². The van der Waals surface area contributed by atoms with E-state index < -0.39 is 0 Å². The Morgan fingerprint density at radius 3 is 2.61 bits per heavy atom. The fourth-order valence-electron chi connectivity index (χ4n) is 2.77. The molecule has 6 heteroatoms. The molecular weight excluding hydrogens is 290 g/mol. The third kappa shape index (κ3) is 3.88. The Hall–Kier alpha value is -2.39. The number of nitriles is 1. The van der Waals surface area contributed by atoms with Gasteiger partial charge in [0.05, 0.1) is 6.54 Å². The van der Waals surface area contributed by atoms with Crippen LogP contribution in [0.4, 0.5) is 0 Å². The third-order valence-corrected chi connectivity index (χ3v) is 4.17. The van der Waals surface area contributed by atoms with Crippen LogP contribution >= 0.6 is 0 Å². The van der Waals surface area contributed by atoms with Crippen LogP contribution in [0.5, 0.6) is 5.75 Å². The molecule has 1 aliphatic heterocycles. The van der Waals surface area contributed by atoms with Gasteiger partial charge in [0.15, 0.2) is 5.69 Å². The van der Waals surface area contributed by atoms with Gasteiger partial charge >= 0.3 is 0 Å². The fourth-order valence-corrected chi connectivity index (χ4v) is 2.77. The van der Waals surface area contributed by atoms with Gasteiger partial charge in [0, 0.05) is 6.54 Å². The van der Waals surface area contributed by atoms with Crippen molar-refractivity contribution in [2.45, 2.75) is 32.9 Å². The maximum atomic E-state index is 9.21. The molecule has 0 saturated carbocycles. The molecule has 1 fully saturated rings. The van der Waals surface area contributed by atoms with E-state index in [4.69, 9.17) is 4.74 Å². The molecule has 1 aromatic heterocycles. The summed E-state index contributed by atoms with van der Waals surface area (Å²) in [6.07, 6.45) is 2.54. The summed E-state index contributed by atoms with van der Waals surface area (Å²) < 4.78 is 7.59. The predicted molar refractivity (Wildman–Crippen MR) is 85.9 cm³/mol. The Balaban J connectivity index is 1.65. The minimum Gasteiger partial charge on any atom is -0.487 e. The number of benzene rings is 1. The predicted octanol–water partition coefficient (Wildman–Crippen LogP) is 2.13. The van der Waals surface area contributed by atoms with E-state index in [0.717, 1.165) is 37.6 Å². The lowest BCUT2D eigenvalue weighted by Crippen LogP contribution is -2.25. The molecule has 2 heterocycles. The van der Waals surface area contributed by atoms with Gasteiger partial charge in [-0.2, -0.15) is 5.26 Å². The van der Waals surface area contributed by atoms with Crippen LogP contribution in [0, 0.1) is 18.3 Å². The highest BCUT2D eigenvalue weighted by Gasteiger charge is 2.16. The molecule has 0 radical (unpaired) electrons. The van der Waals surface area contributed by atoms with Crippen LogP contribution in [-0.2, 0) is 13.2 Å². The second kappa shape index (κ2) is 7.25. The van der Waals surface area contributed by atoms with Crippen molar-refractivity contribution in [1.29, 1.82) is 5.26 Å². The quantitative estimate of drug-likeness (QED) is 0.817. The molecular formula is C17H21N5O. The highest BCUT2D eigenvalue weighted by Crippen LogP contribution is 2.15. The molecule has 1 saturated heterocycles. The van der Waals surface area contributed by atoms with Crippen molar-refractivity contribution in [3.05, 3.63) is 41.2 Å². The summed E-state index contributed by atoms with van der Waals surface area (Å²) >= 11 is 0. The fraction of sp³-hybridized carbons (Fsp3) is 0.471. The minimum atomic E-state index is 0.305. The normalized spacial score (nSPS) is 14.8. The van der Waals surface area contributed by atoms with Crippen molar-refractivity contribution in [3.8, 4) is 11.8 Å². The van der Waals surface area contributed by atoms with Crippen LogP contribution in [0.2, 0.25) is 0 Å². The molecule has 0 amide bonds. The molecule has 0 unspecified atom stereocenters. The summed E-state index contributed by atoms with van der Waals surface area (Å²) in [5, 5.41) is 17.3. The summed E-state index contributed by atoms with van der Waals surface area (Å²) in [6.45, 7) is 6.31. The van der Waals surface area contributed by atoms with E-state index in [9.17, 15) is 5.26 Å². The molecule has 0 N–H and O–H groups in total. The van der Waals surface area contributed by atoms with E-state index in [-0.39, 0.29) is 0 Å². The highest BCUT2D eigenvalue weighted by molar-refractivity contribution is 5.28. The van der Waals surface area contributed by atoms with Gasteiger partial charge in [-0.1, -0.05) is 22.9 Å². The van der Waals surface area contributed by atoms with Gasteiger partial charge in [-0.3, -0.25) is 0 Å². The molecule has 0 aliphatic carbocycles. The molecule has 1 aromatic carbocycles. The zero-order chi connectivity index (χ0) is 16.1. The topological polar surface area (TPSA) is 67.0 Å². The zero-order valence-corrected chi connectivity index (χ0v) is 13.4. The monoisotopic (exact) mass is 311 g/mol. The molecule has 2 aromatic rings. The summed E-state index contributed by atoms with van der Waals surface area (Å²) in [5.74, 6) is 0.784. The van der Waals surface area contributed by atoms with Crippen LogP contribution in [-0.4, -0.2) is 39.5 Å². The molecule has 0 spiro atoms. The van der Waals surface area contributed by atoms with Gasteiger partial charge in [-0.05, 0) is 45.0 Å². The summed E-state index contributed by atoms with van der Waals surface area (Å²) in [4.78, 5) is 2.42. The molecule has 0 atom stereocenters. The standard InChI is InChI=1S/C17H21N5O/c1-14-4-6-15(7-5-14)23-13-17-16(12-18)19-20-22(17)11-10-21-8-2-3-9-21/h4-7H,2-3,8-11,13H2,1H3. The van der Waals surface area contributed by atoms with E-state index in [1.165, 1.54) is 18.4 Å². The molecule has 23 heavy (non-hydrogen) atoms. The van der Waals surface area contributed by atoms with E-state index in [1.807, 2.05) is 31.2 Å². The van der Waals surface area contributed by atoms with E-state index in [1.54, 1.807) is 4.68 Å². The number of nitrogens with zero attached hydrogens (tertiary/aromatic N) is 5. The number of ether oxygens (including phenoxy) is 1. The van der Waals surface area contributed by atoms with Gasteiger partial charge in [0.25, 0.3) is 0 Å². The first-order valence-corrected chi connectivity index (χ1v) is 8.00. The van der Waals surface area contributed by atoms with E-state index in [2.05, 4.69) is 21.3 Å². The first kappa shape index (κ1) is 15.5. The lowest BCUT2D eigenvalue weighted by molar-refractivity contribution is 0.277. The van der Waals surface area contributed by atoms with Gasteiger partial charge < -0.3 is 9.64 Å². The third-order valence-electron chi connectivity index (χ3n) is 4.17. The number of rotatable bonds is 6. The SMILES string of the molecule is Cc1ccc(OCc2c(C#N)nnn2CCN2CCCC2)cc1. The Kier molecular flexibility index (Phi) is 4.89. The zero-order valence-electron chi connectivity index (χ0n) is 13.4. The lowest BCUT2D eigenvalue weighted by atomic mass is 10.2. The smallest absolute Gasteiger partial charge is 0.189 e. The van der Waals surface area contributed by atoms with Crippen LogP contribution in [0.25, 0.3) is 0 Å². The Bertz CT molecular complexity index is 680. The van der Waals surface area contributed by atoms with Gasteiger partial charge in [0.1, 0.15) is 24.1 Å². The summed E-state index contributed by atoms with van der Waals surface area (Å²) in [6, 6.07) is 9.97.